The number of piperidine rings is 1. The third-order valence-corrected chi connectivity index (χ3v) is 7.33. The Hall–Kier alpha value is -2.24. The van der Waals surface area contributed by atoms with Gasteiger partial charge in [-0.2, -0.15) is 0 Å². The summed E-state index contributed by atoms with van der Waals surface area (Å²) < 4.78 is 1.19. The largest absolute Gasteiger partial charge is 0.357 e. The number of likely N-dealkylation sites (tertiary alicyclic amines) is 1. The van der Waals surface area contributed by atoms with E-state index in [-0.39, 0.29) is 0 Å². The zero-order chi connectivity index (χ0) is 20.1. The second-order valence-electron chi connectivity index (χ2n) is 8.70. The van der Waals surface area contributed by atoms with Gasteiger partial charge in [-0.05, 0) is 68.7 Å². The van der Waals surface area contributed by atoms with E-state index in [1.807, 2.05) is 0 Å². The average molecular weight is 388 g/mol. The molecule has 0 radical (unpaired) electrons. The summed E-state index contributed by atoms with van der Waals surface area (Å²) in [6.45, 7) is 9.22. The fourth-order valence-electron chi connectivity index (χ4n) is 5.44. The molecule has 2 aliphatic rings. The van der Waals surface area contributed by atoms with E-state index in [9.17, 15) is 0 Å². The first-order chi connectivity index (χ1) is 14.3. The molecule has 0 bridgehead atoms. The molecule has 1 heterocycles. The minimum atomic E-state index is 0.507. The maximum absolute atomic E-state index is 3.74. The SMILES string of the molecule is CC[N+]1(CC)CCCCC1C#CCN(c1ccccc1)C1Cc2ccccc2C1. The number of benzene rings is 2. The van der Waals surface area contributed by atoms with E-state index in [1.54, 1.807) is 0 Å². The van der Waals surface area contributed by atoms with Gasteiger partial charge in [0.2, 0.25) is 0 Å². The lowest BCUT2D eigenvalue weighted by Crippen LogP contribution is -2.57. The standard InChI is InChI=1S/C27H35N2/c1-3-29(4-2)20-11-10-17-27(29)18-12-19-28(25-15-6-5-7-16-25)26-21-23-13-8-9-14-24(23)22-26/h5-9,13-16,26-27H,3-4,10-11,17,19-22H2,1-2H3/q+1. The molecule has 0 N–H and O–H groups in total. The fourth-order valence-corrected chi connectivity index (χ4v) is 5.44. The zero-order valence-corrected chi connectivity index (χ0v) is 18.1. The second kappa shape index (κ2) is 9.06. The Morgan fingerprint density at radius 1 is 0.897 bits per heavy atom. The van der Waals surface area contributed by atoms with Crippen molar-refractivity contribution in [2.45, 2.75) is 58.0 Å². The molecule has 1 unspecified atom stereocenters. The molecule has 1 aliphatic heterocycles. The average Bonchev–Trinajstić information content (AvgIpc) is 3.21. The van der Waals surface area contributed by atoms with E-state index >= 15 is 0 Å². The first-order valence-electron chi connectivity index (χ1n) is 11.5. The van der Waals surface area contributed by atoms with Gasteiger partial charge in [0.1, 0.15) is 0 Å². The molecule has 2 nitrogen and oxygen atoms in total. The molecular weight excluding hydrogens is 352 g/mol. The highest BCUT2D eigenvalue weighted by Gasteiger charge is 2.35. The van der Waals surface area contributed by atoms with E-state index in [0.29, 0.717) is 12.1 Å². The Kier molecular flexibility index (Phi) is 6.26. The van der Waals surface area contributed by atoms with Gasteiger partial charge in [0.25, 0.3) is 0 Å². The summed E-state index contributed by atoms with van der Waals surface area (Å²) in [5.41, 5.74) is 4.31. The van der Waals surface area contributed by atoms with E-state index in [4.69, 9.17) is 0 Å². The quantitative estimate of drug-likeness (QED) is 0.511. The molecule has 2 aromatic rings. The van der Waals surface area contributed by atoms with Crippen molar-refractivity contribution in [2.75, 3.05) is 31.1 Å². The van der Waals surface area contributed by atoms with E-state index < -0.39 is 0 Å². The van der Waals surface area contributed by atoms with Crippen LogP contribution in [0.1, 0.15) is 44.2 Å². The molecule has 4 rings (SSSR count). The lowest BCUT2D eigenvalue weighted by atomic mass is 9.98. The van der Waals surface area contributed by atoms with Gasteiger partial charge in [0.05, 0.1) is 26.2 Å². The van der Waals surface area contributed by atoms with Crippen LogP contribution in [0.15, 0.2) is 54.6 Å². The Morgan fingerprint density at radius 2 is 1.55 bits per heavy atom. The highest BCUT2D eigenvalue weighted by Crippen LogP contribution is 2.29. The number of nitrogens with zero attached hydrogens (tertiary/aromatic N) is 2. The van der Waals surface area contributed by atoms with E-state index in [1.165, 1.54) is 60.2 Å². The third-order valence-electron chi connectivity index (χ3n) is 7.33. The fraction of sp³-hybridized carbons (Fsp3) is 0.481. The van der Waals surface area contributed by atoms with Gasteiger partial charge in [-0.25, -0.2) is 0 Å². The van der Waals surface area contributed by atoms with Crippen LogP contribution in [0.3, 0.4) is 0 Å². The molecule has 152 valence electrons. The first kappa shape index (κ1) is 20.0. The van der Waals surface area contributed by atoms with Crippen LogP contribution >= 0.6 is 0 Å². The van der Waals surface area contributed by atoms with Crippen molar-refractivity contribution in [3.63, 3.8) is 0 Å². The maximum Gasteiger partial charge on any atom is 0.151 e. The summed E-state index contributed by atoms with van der Waals surface area (Å²) in [5, 5.41) is 0. The zero-order valence-electron chi connectivity index (χ0n) is 18.1. The Bertz CT molecular complexity index is 832. The van der Waals surface area contributed by atoms with Crippen molar-refractivity contribution < 1.29 is 4.48 Å². The van der Waals surface area contributed by atoms with Gasteiger partial charge in [-0.3, -0.25) is 0 Å². The third kappa shape index (κ3) is 4.21. The number of hydrogen-bond donors (Lipinski definition) is 0. The molecule has 1 saturated heterocycles. The summed E-state index contributed by atoms with van der Waals surface area (Å²) in [6.07, 6.45) is 6.20. The van der Waals surface area contributed by atoms with Gasteiger partial charge in [-0.15, -0.1) is 0 Å². The highest BCUT2D eigenvalue weighted by molar-refractivity contribution is 5.51. The normalized spacial score (nSPS) is 20.6. The number of quaternary nitrogens is 1. The molecule has 1 fully saturated rings. The molecule has 2 heteroatoms. The molecule has 29 heavy (non-hydrogen) atoms. The summed E-state index contributed by atoms with van der Waals surface area (Å²) in [7, 11) is 0. The number of rotatable bonds is 5. The van der Waals surface area contributed by atoms with Crippen LogP contribution < -0.4 is 4.90 Å². The van der Waals surface area contributed by atoms with Crippen molar-refractivity contribution >= 4 is 5.69 Å². The van der Waals surface area contributed by atoms with Crippen LogP contribution in [0.2, 0.25) is 0 Å². The number of para-hydroxylation sites is 1. The van der Waals surface area contributed by atoms with Crippen molar-refractivity contribution in [2.24, 2.45) is 0 Å². The molecule has 2 aromatic carbocycles. The Labute approximate surface area is 177 Å². The Balaban J connectivity index is 1.54. The first-order valence-corrected chi connectivity index (χ1v) is 11.5. The lowest BCUT2D eigenvalue weighted by Gasteiger charge is -2.44. The summed E-state index contributed by atoms with van der Waals surface area (Å²) in [4.78, 5) is 2.54. The van der Waals surface area contributed by atoms with Gasteiger partial charge < -0.3 is 9.38 Å². The van der Waals surface area contributed by atoms with Gasteiger partial charge >= 0.3 is 0 Å². The van der Waals surface area contributed by atoms with Crippen LogP contribution in [0.5, 0.6) is 0 Å². The number of anilines is 1. The van der Waals surface area contributed by atoms with Gasteiger partial charge in [0, 0.05) is 18.2 Å². The second-order valence-corrected chi connectivity index (χ2v) is 8.70. The topological polar surface area (TPSA) is 3.24 Å². The minimum Gasteiger partial charge on any atom is -0.357 e. The van der Waals surface area contributed by atoms with Crippen LogP contribution in [0.4, 0.5) is 5.69 Å². The summed E-state index contributed by atoms with van der Waals surface area (Å²) in [6, 6.07) is 20.8. The molecule has 1 aliphatic carbocycles. The monoisotopic (exact) mass is 387 g/mol. The number of fused-ring (bicyclic) bond motifs is 1. The molecule has 0 spiro atoms. The van der Waals surface area contributed by atoms with Crippen molar-refractivity contribution in [3.05, 3.63) is 65.7 Å². The maximum atomic E-state index is 3.74. The molecule has 0 saturated carbocycles. The van der Waals surface area contributed by atoms with Crippen molar-refractivity contribution in [1.82, 2.24) is 0 Å². The van der Waals surface area contributed by atoms with Crippen molar-refractivity contribution in [1.29, 1.82) is 0 Å². The predicted octanol–water partition coefficient (Wildman–Crippen LogP) is 5.07. The van der Waals surface area contributed by atoms with Crippen LogP contribution in [0, 0.1) is 11.8 Å². The summed E-state index contributed by atoms with van der Waals surface area (Å²) in [5.74, 6) is 7.38. The number of hydrogen-bond acceptors (Lipinski definition) is 1. The molecule has 0 aromatic heterocycles. The van der Waals surface area contributed by atoms with Gasteiger partial charge in [-0.1, -0.05) is 48.4 Å². The minimum absolute atomic E-state index is 0.507. The molecule has 1 atom stereocenters. The molecular formula is C27H35N2+. The van der Waals surface area contributed by atoms with Gasteiger partial charge in [0.15, 0.2) is 6.04 Å². The lowest BCUT2D eigenvalue weighted by molar-refractivity contribution is -0.945. The van der Waals surface area contributed by atoms with Crippen molar-refractivity contribution in [3.8, 4) is 11.8 Å². The van der Waals surface area contributed by atoms with Crippen LogP contribution in [0.25, 0.3) is 0 Å². The predicted molar refractivity (Wildman–Crippen MR) is 123 cm³/mol. The van der Waals surface area contributed by atoms with E-state index in [2.05, 4.69) is 85.2 Å². The van der Waals surface area contributed by atoms with Crippen LogP contribution in [-0.2, 0) is 12.8 Å². The summed E-state index contributed by atoms with van der Waals surface area (Å²) >= 11 is 0. The Morgan fingerprint density at radius 3 is 2.21 bits per heavy atom. The highest BCUT2D eigenvalue weighted by atomic mass is 15.4. The van der Waals surface area contributed by atoms with E-state index in [0.717, 1.165) is 19.4 Å². The van der Waals surface area contributed by atoms with Crippen LogP contribution in [-0.4, -0.2) is 42.7 Å². The smallest absolute Gasteiger partial charge is 0.151 e. The molecule has 0 amide bonds.